The summed E-state index contributed by atoms with van der Waals surface area (Å²) in [5.74, 6) is -1.97. The van der Waals surface area contributed by atoms with Crippen molar-refractivity contribution in [1.82, 2.24) is 0 Å². The van der Waals surface area contributed by atoms with E-state index in [-0.39, 0.29) is 5.56 Å². The average Bonchev–Trinajstić information content (AvgIpc) is 2.33. The summed E-state index contributed by atoms with van der Waals surface area (Å²) >= 11 is 6.18. The lowest BCUT2D eigenvalue weighted by atomic mass is 10.2. The van der Waals surface area contributed by atoms with Crippen molar-refractivity contribution >= 4 is 79.4 Å². The van der Waals surface area contributed by atoms with Gasteiger partial charge in [0.1, 0.15) is 0 Å². The highest BCUT2D eigenvalue weighted by molar-refractivity contribution is 14.1. The van der Waals surface area contributed by atoms with Gasteiger partial charge in [0.25, 0.3) is 0 Å². The average molecular weight is 603 g/mol. The Morgan fingerprint density at radius 1 is 1.26 bits per heavy atom. The van der Waals surface area contributed by atoms with E-state index in [9.17, 15) is 9.90 Å². The van der Waals surface area contributed by atoms with Gasteiger partial charge in [-0.2, -0.15) is 0 Å². The maximum absolute atomic E-state index is 11.3. The summed E-state index contributed by atoms with van der Waals surface area (Å²) in [6.45, 7) is 1.72. The molecule has 0 radical (unpaired) electrons. The van der Waals surface area contributed by atoms with Crippen LogP contribution in [-0.4, -0.2) is 31.2 Å². The van der Waals surface area contributed by atoms with Crippen molar-refractivity contribution in [3.05, 3.63) is 22.3 Å². The predicted octanol–water partition coefficient (Wildman–Crippen LogP) is 3.58. The third kappa shape index (κ3) is 4.04. The Morgan fingerprint density at radius 2 is 1.79 bits per heavy atom. The maximum atomic E-state index is 11.3. The van der Waals surface area contributed by atoms with Crippen LogP contribution in [0.2, 0.25) is 0 Å². The molecule has 0 fully saturated rings. The standard InChI is InChI=1S/C11H12I3NO4/c1-11(18-2,19-3)15-9-6(13)4-5(12)7(8(9)14)10(16)17/h4,15H,1-3H3,(H,16,17). The quantitative estimate of drug-likeness (QED) is 0.399. The van der Waals surface area contributed by atoms with Gasteiger partial charge in [0, 0.05) is 28.3 Å². The van der Waals surface area contributed by atoms with Gasteiger partial charge in [0.15, 0.2) is 0 Å². The molecular weight excluding hydrogens is 591 g/mol. The molecule has 2 N–H and O–H groups in total. The first kappa shape index (κ1) is 17.7. The Labute approximate surface area is 152 Å². The van der Waals surface area contributed by atoms with Crippen LogP contribution >= 0.6 is 67.8 Å². The first-order chi connectivity index (χ1) is 8.75. The number of methoxy groups -OCH3 is 2. The number of rotatable bonds is 5. The number of benzene rings is 1. The lowest BCUT2D eigenvalue weighted by Gasteiger charge is -2.29. The molecule has 0 aliphatic carbocycles. The van der Waals surface area contributed by atoms with Crippen LogP contribution < -0.4 is 5.32 Å². The van der Waals surface area contributed by atoms with E-state index >= 15 is 0 Å². The molecule has 0 aliphatic heterocycles. The lowest BCUT2D eigenvalue weighted by Crippen LogP contribution is -2.39. The summed E-state index contributed by atoms with van der Waals surface area (Å²) in [6, 6.07) is 1.81. The van der Waals surface area contributed by atoms with E-state index in [4.69, 9.17) is 9.47 Å². The molecule has 0 aromatic heterocycles. The number of hydrogen-bond acceptors (Lipinski definition) is 4. The molecule has 1 aromatic carbocycles. The van der Waals surface area contributed by atoms with E-state index in [2.05, 4.69) is 27.9 Å². The van der Waals surface area contributed by atoms with Crippen LogP contribution in [0, 0.1) is 10.7 Å². The zero-order valence-electron chi connectivity index (χ0n) is 10.4. The summed E-state index contributed by atoms with van der Waals surface area (Å²) in [5.41, 5.74) is 0.962. The fourth-order valence-electron chi connectivity index (χ4n) is 1.31. The molecule has 1 rings (SSSR count). The van der Waals surface area contributed by atoms with Crippen molar-refractivity contribution in [3.8, 4) is 0 Å². The van der Waals surface area contributed by atoms with E-state index in [1.54, 1.807) is 13.0 Å². The van der Waals surface area contributed by atoms with Crippen LogP contribution in [-0.2, 0) is 9.47 Å². The van der Waals surface area contributed by atoms with Gasteiger partial charge in [-0.3, -0.25) is 0 Å². The first-order valence-electron chi connectivity index (χ1n) is 5.05. The van der Waals surface area contributed by atoms with Crippen molar-refractivity contribution in [2.45, 2.75) is 12.8 Å². The van der Waals surface area contributed by atoms with Crippen molar-refractivity contribution < 1.29 is 19.4 Å². The van der Waals surface area contributed by atoms with Crippen molar-refractivity contribution in [3.63, 3.8) is 0 Å². The SMILES string of the molecule is COC(C)(Nc1c(I)cc(I)c(C(=O)O)c1I)OC. The number of hydrogen-bond donors (Lipinski definition) is 2. The molecule has 0 aliphatic rings. The van der Waals surface area contributed by atoms with Crippen LogP contribution in [0.15, 0.2) is 6.07 Å². The second-order valence-electron chi connectivity index (χ2n) is 3.69. The van der Waals surface area contributed by atoms with Gasteiger partial charge in [-0.15, -0.1) is 0 Å². The largest absolute Gasteiger partial charge is 0.478 e. The number of ether oxygens (including phenoxy) is 2. The zero-order chi connectivity index (χ0) is 14.8. The fourth-order valence-corrected chi connectivity index (χ4v) is 5.42. The highest BCUT2D eigenvalue weighted by Crippen LogP contribution is 2.33. The highest BCUT2D eigenvalue weighted by atomic mass is 127. The van der Waals surface area contributed by atoms with Crippen LogP contribution in [0.1, 0.15) is 17.3 Å². The van der Waals surface area contributed by atoms with Gasteiger partial charge in [-0.05, 0) is 73.8 Å². The van der Waals surface area contributed by atoms with E-state index in [0.29, 0.717) is 12.8 Å². The summed E-state index contributed by atoms with van der Waals surface area (Å²) < 4.78 is 12.7. The number of halogens is 3. The Bertz CT molecular complexity index is 503. The van der Waals surface area contributed by atoms with Crippen molar-refractivity contribution in [1.29, 1.82) is 0 Å². The molecule has 0 saturated heterocycles. The Kier molecular flexibility index (Phi) is 6.54. The number of aromatic carboxylic acids is 1. The fraction of sp³-hybridized carbons (Fsp3) is 0.364. The van der Waals surface area contributed by atoms with Crippen LogP contribution in [0.3, 0.4) is 0 Å². The van der Waals surface area contributed by atoms with Gasteiger partial charge in [0.05, 0.1) is 14.8 Å². The highest BCUT2D eigenvalue weighted by Gasteiger charge is 2.27. The molecule has 0 saturated carbocycles. The molecule has 1 aromatic rings. The smallest absolute Gasteiger partial charge is 0.337 e. The third-order valence-electron chi connectivity index (χ3n) is 2.52. The minimum Gasteiger partial charge on any atom is -0.478 e. The lowest BCUT2D eigenvalue weighted by molar-refractivity contribution is -0.171. The summed E-state index contributed by atoms with van der Waals surface area (Å²) in [6.07, 6.45) is 0. The molecule has 0 atom stereocenters. The molecule has 106 valence electrons. The molecule has 0 heterocycles. The van der Waals surface area contributed by atoms with Crippen LogP contribution in [0.25, 0.3) is 0 Å². The predicted molar refractivity (Wildman–Crippen MR) is 97.6 cm³/mol. The normalized spacial score (nSPS) is 11.5. The first-order valence-corrected chi connectivity index (χ1v) is 8.28. The van der Waals surface area contributed by atoms with Gasteiger partial charge in [-0.25, -0.2) is 4.79 Å². The van der Waals surface area contributed by atoms with Crippen molar-refractivity contribution in [2.75, 3.05) is 19.5 Å². The number of carbonyl (C=O) groups is 1. The van der Waals surface area contributed by atoms with Gasteiger partial charge in [0.2, 0.25) is 5.91 Å². The number of nitrogens with one attached hydrogen (secondary N) is 1. The van der Waals surface area contributed by atoms with E-state index < -0.39 is 11.9 Å². The number of carboxylic acids is 1. The van der Waals surface area contributed by atoms with Crippen LogP contribution in [0.4, 0.5) is 5.69 Å². The molecule has 19 heavy (non-hydrogen) atoms. The molecule has 0 bridgehead atoms. The van der Waals surface area contributed by atoms with Gasteiger partial charge in [-0.1, -0.05) is 0 Å². The molecule has 0 unspecified atom stereocenters. The topological polar surface area (TPSA) is 67.8 Å². The van der Waals surface area contributed by atoms with Gasteiger partial charge < -0.3 is 19.9 Å². The molecular formula is C11H12I3NO4. The summed E-state index contributed by atoms with van der Waals surface area (Å²) in [5, 5.41) is 12.4. The van der Waals surface area contributed by atoms with Crippen LogP contribution in [0.5, 0.6) is 0 Å². The van der Waals surface area contributed by atoms with E-state index in [0.717, 1.165) is 3.57 Å². The third-order valence-corrected chi connectivity index (χ3v) is 5.30. The second-order valence-corrected chi connectivity index (χ2v) is 7.09. The molecule has 0 spiro atoms. The number of anilines is 1. The summed E-state index contributed by atoms with van der Waals surface area (Å²) in [4.78, 5) is 11.3. The maximum Gasteiger partial charge on any atom is 0.337 e. The molecule has 5 nitrogen and oxygen atoms in total. The zero-order valence-corrected chi connectivity index (χ0v) is 16.9. The minimum atomic E-state index is -1.01. The molecule has 0 amide bonds. The van der Waals surface area contributed by atoms with Gasteiger partial charge >= 0.3 is 5.97 Å². The second kappa shape index (κ2) is 7.04. The van der Waals surface area contributed by atoms with E-state index in [1.165, 1.54) is 14.2 Å². The minimum absolute atomic E-state index is 0.277. The number of carboxylic acid groups (broad SMARTS) is 1. The van der Waals surface area contributed by atoms with E-state index in [1.807, 2.05) is 45.2 Å². The Balaban J connectivity index is 3.36. The Morgan fingerprint density at radius 3 is 2.21 bits per heavy atom. The summed E-state index contributed by atoms with van der Waals surface area (Å²) in [7, 11) is 3.03. The monoisotopic (exact) mass is 603 g/mol. The molecule has 8 heteroatoms. The van der Waals surface area contributed by atoms with Crippen molar-refractivity contribution in [2.24, 2.45) is 0 Å². The Hall–Kier alpha value is 0.600.